The lowest BCUT2D eigenvalue weighted by atomic mass is 10.1. The maximum atomic E-state index is 12.7. The van der Waals surface area contributed by atoms with Gasteiger partial charge in [0.2, 0.25) is 11.8 Å². The molecule has 2 heterocycles. The van der Waals surface area contributed by atoms with Gasteiger partial charge in [-0.25, -0.2) is 0 Å². The predicted octanol–water partition coefficient (Wildman–Crippen LogP) is 1.17. The summed E-state index contributed by atoms with van der Waals surface area (Å²) in [6.07, 6.45) is 5.94. The second-order valence-electron chi connectivity index (χ2n) is 7.48. The molecule has 7 heteroatoms. The van der Waals surface area contributed by atoms with Crippen LogP contribution in [0.1, 0.15) is 24.0 Å². The van der Waals surface area contributed by atoms with Gasteiger partial charge >= 0.3 is 0 Å². The molecule has 0 saturated carbocycles. The maximum absolute atomic E-state index is 12.7. The third-order valence-electron chi connectivity index (χ3n) is 5.50. The Hall–Kier alpha value is -2.67. The lowest BCUT2D eigenvalue weighted by molar-refractivity contribution is -0.142. The minimum Gasteiger partial charge on any atom is -0.377 e. The molecule has 0 bridgehead atoms. The van der Waals surface area contributed by atoms with E-state index < -0.39 is 0 Å². The molecule has 1 atom stereocenters. The van der Waals surface area contributed by atoms with E-state index in [1.807, 2.05) is 24.4 Å². The van der Waals surface area contributed by atoms with Gasteiger partial charge in [-0.1, -0.05) is 24.3 Å². The number of carbonyl (C=O) groups excluding carboxylic acids is 2. The van der Waals surface area contributed by atoms with Crippen molar-refractivity contribution in [1.82, 2.24) is 20.0 Å². The lowest BCUT2D eigenvalue weighted by Crippen LogP contribution is -2.51. The van der Waals surface area contributed by atoms with E-state index in [9.17, 15) is 9.59 Å². The van der Waals surface area contributed by atoms with Gasteiger partial charge in [-0.2, -0.15) is 5.10 Å². The van der Waals surface area contributed by atoms with Crippen LogP contribution in [0.4, 0.5) is 0 Å². The fourth-order valence-corrected chi connectivity index (χ4v) is 4.10. The Morgan fingerprint density at radius 2 is 1.96 bits per heavy atom. The van der Waals surface area contributed by atoms with E-state index in [1.165, 1.54) is 11.1 Å². The maximum Gasteiger partial charge on any atom is 0.224 e. The van der Waals surface area contributed by atoms with Crippen LogP contribution in [0.15, 0.2) is 42.7 Å². The van der Waals surface area contributed by atoms with Crippen LogP contribution < -0.4 is 5.32 Å². The minimum absolute atomic E-state index is 0.0156. The van der Waals surface area contributed by atoms with Gasteiger partial charge in [0.25, 0.3) is 0 Å². The topological polar surface area (TPSA) is 76.5 Å². The highest BCUT2D eigenvalue weighted by molar-refractivity contribution is 5.80. The molecule has 1 aliphatic heterocycles. The summed E-state index contributed by atoms with van der Waals surface area (Å²) in [5, 5.41) is 7.27. The Morgan fingerprint density at radius 3 is 2.68 bits per heavy atom. The Labute approximate surface area is 164 Å². The largest absolute Gasteiger partial charge is 0.377 e. The molecule has 0 spiro atoms. The van der Waals surface area contributed by atoms with Gasteiger partial charge in [-0.3, -0.25) is 14.3 Å². The number of fused-ring (bicyclic) bond motifs is 1. The molecular formula is C21H26N4O3. The fourth-order valence-electron chi connectivity index (χ4n) is 4.10. The average molecular weight is 382 g/mol. The monoisotopic (exact) mass is 382 g/mol. The van der Waals surface area contributed by atoms with E-state index in [0.29, 0.717) is 32.7 Å². The molecule has 2 aliphatic rings. The first-order chi connectivity index (χ1) is 13.7. The number of carbonyl (C=O) groups is 2. The number of morpholine rings is 1. The van der Waals surface area contributed by atoms with Gasteiger partial charge < -0.3 is 15.0 Å². The molecule has 2 amide bonds. The molecule has 148 valence electrons. The molecule has 1 saturated heterocycles. The number of nitrogens with zero attached hydrogens (tertiary/aromatic N) is 3. The zero-order chi connectivity index (χ0) is 19.3. The highest BCUT2D eigenvalue weighted by Crippen LogP contribution is 2.22. The number of benzene rings is 1. The molecule has 1 aromatic heterocycles. The van der Waals surface area contributed by atoms with Gasteiger partial charge in [0.05, 0.1) is 19.3 Å². The van der Waals surface area contributed by atoms with E-state index in [-0.39, 0.29) is 30.3 Å². The van der Waals surface area contributed by atoms with Crippen molar-refractivity contribution >= 4 is 11.8 Å². The van der Waals surface area contributed by atoms with Crippen LogP contribution in [0.2, 0.25) is 0 Å². The lowest BCUT2D eigenvalue weighted by Gasteiger charge is -2.35. The molecule has 1 aromatic carbocycles. The molecule has 2 aromatic rings. The molecule has 1 fully saturated rings. The Bertz CT molecular complexity index is 796. The Balaban J connectivity index is 1.29. The third-order valence-corrected chi connectivity index (χ3v) is 5.50. The summed E-state index contributed by atoms with van der Waals surface area (Å²) in [4.78, 5) is 27.1. The summed E-state index contributed by atoms with van der Waals surface area (Å²) >= 11 is 0. The molecule has 1 N–H and O–H groups in total. The van der Waals surface area contributed by atoms with Crippen molar-refractivity contribution < 1.29 is 14.3 Å². The van der Waals surface area contributed by atoms with Crippen molar-refractivity contribution in [2.45, 2.75) is 44.3 Å². The summed E-state index contributed by atoms with van der Waals surface area (Å²) in [6, 6.07) is 10.1. The zero-order valence-electron chi connectivity index (χ0n) is 15.9. The Kier molecular flexibility index (Phi) is 5.71. The molecule has 0 unspecified atom stereocenters. The van der Waals surface area contributed by atoms with Crippen LogP contribution in [0.5, 0.6) is 0 Å². The van der Waals surface area contributed by atoms with Gasteiger partial charge in [0, 0.05) is 44.4 Å². The Morgan fingerprint density at radius 1 is 1.18 bits per heavy atom. The van der Waals surface area contributed by atoms with Crippen molar-refractivity contribution in [2.24, 2.45) is 0 Å². The second-order valence-corrected chi connectivity index (χ2v) is 7.48. The number of nitrogens with one attached hydrogen (secondary N) is 1. The first-order valence-electron chi connectivity index (χ1n) is 9.90. The van der Waals surface area contributed by atoms with Gasteiger partial charge in [-0.15, -0.1) is 0 Å². The second kappa shape index (κ2) is 8.56. The molecule has 28 heavy (non-hydrogen) atoms. The molecule has 0 radical (unpaired) electrons. The number of ether oxygens (including phenoxy) is 1. The van der Waals surface area contributed by atoms with E-state index in [2.05, 4.69) is 22.5 Å². The zero-order valence-corrected chi connectivity index (χ0v) is 15.9. The van der Waals surface area contributed by atoms with Crippen LogP contribution in [-0.2, 0) is 33.7 Å². The van der Waals surface area contributed by atoms with E-state index in [1.54, 1.807) is 15.8 Å². The van der Waals surface area contributed by atoms with Gasteiger partial charge in [-0.05, 0) is 30.0 Å². The number of amides is 2. The predicted molar refractivity (Wildman–Crippen MR) is 104 cm³/mol. The van der Waals surface area contributed by atoms with E-state index in [4.69, 9.17) is 4.74 Å². The molecule has 7 nitrogen and oxygen atoms in total. The molecule has 4 rings (SSSR count). The van der Waals surface area contributed by atoms with Gasteiger partial charge in [0.1, 0.15) is 0 Å². The SMILES string of the molecule is O=C(C[C@H]1COCCN1C(=O)CCn1cccn1)NC1Cc2ccccc2C1. The number of hydrogen-bond acceptors (Lipinski definition) is 4. The minimum atomic E-state index is -0.206. The van der Waals surface area contributed by atoms with Crippen LogP contribution in [0.25, 0.3) is 0 Å². The smallest absolute Gasteiger partial charge is 0.224 e. The van der Waals surface area contributed by atoms with Crippen LogP contribution in [-0.4, -0.2) is 58.3 Å². The third kappa shape index (κ3) is 4.42. The van der Waals surface area contributed by atoms with Crippen molar-refractivity contribution in [1.29, 1.82) is 0 Å². The summed E-state index contributed by atoms with van der Waals surface area (Å²) in [7, 11) is 0. The summed E-state index contributed by atoms with van der Waals surface area (Å²) in [5.74, 6) is 0.0306. The van der Waals surface area contributed by atoms with Crippen molar-refractivity contribution in [3.8, 4) is 0 Å². The highest BCUT2D eigenvalue weighted by atomic mass is 16.5. The summed E-state index contributed by atoms with van der Waals surface area (Å²) < 4.78 is 7.29. The summed E-state index contributed by atoms with van der Waals surface area (Å²) in [5.41, 5.74) is 2.62. The van der Waals surface area contributed by atoms with E-state index in [0.717, 1.165) is 12.8 Å². The molecular weight excluding hydrogens is 356 g/mol. The quantitative estimate of drug-likeness (QED) is 0.814. The van der Waals surface area contributed by atoms with Crippen molar-refractivity contribution in [3.05, 3.63) is 53.9 Å². The number of aromatic nitrogens is 2. The van der Waals surface area contributed by atoms with Crippen LogP contribution in [0.3, 0.4) is 0 Å². The van der Waals surface area contributed by atoms with Gasteiger partial charge in [0.15, 0.2) is 0 Å². The fraction of sp³-hybridized carbons (Fsp3) is 0.476. The highest BCUT2D eigenvalue weighted by Gasteiger charge is 2.30. The summed E-state index contributed by atoms with van der Waals surface area (Å²) in [6.45, 7) is 2.00. The average Bonchev–Trinajstić information content (AvgIpc) is 3.35. The van der Waals surface area contributed by atoms with Crippen LogP contribution in [0, 0.1) is 0 Å². The van der Waals surface area contributed by atoms with Crippen molar-refractivity contribution in [2.75, 3.05) is 19.8 Å². The van der Waals surface area contributed by atoms with E-state index >= 15 is 0 Å². The molecule has 1 aliphatic carbocycles. The normalized spacial score (nSPS) is 19.4. The van der Waals surface area contributed by atoms with Crippen LogP contribution >= 0.6 is 0 Å². The number of hydrogen-bond donors (Lipinski definition) is 1. The first-order valence-corrected chi connectivity index (χ1v) is 9.90. The number of aryl methyl sites for hydroxylation is 1. The number of rotatable bonds is 6. The van der Waals surface area contributed by atoms with Crippen molar-refractivity contribution in [3.63, 3.8) is 0 Å². The first kappa shape index (κ1) is 18.7. The standard InChI is InChI=1S/C21H26N4O3/c26-20(23-18-12-16-4-1-2-5-17(16)13-18)14-19-15-28-11-10-25(19)21(27)6-9-24-8-3-7-22-24/h1-5,7-8,18-19H,6,9-15H2,(H,23,26)/t19-/m0/s1.